The Kier molecular flexibility index (Phi) is 6.85. The lowest BCUT2D eigenvalue weighted by atomic mass is 10.1. The molecule has 1 saturated heterocycles. The monoisotopic (exact) mass is 384 g/mol. The summed E-state index contributed by atoms with van der Waals surface area (Å²) in [5.41, 5.74) is 0. The molecule has 6 heteroatoms. The molecule has 0 unspecified atom stereocenters. The van der Waals surface area contributed by atoms with E-state index in [4.69, 9.17) is 27.9 Å². The number of halogens is 2. The molecule has 4 nitrogen and oxygen atoms in total. The lowest BCUT2D eigenvalue weighted by Crippen LogP contribution is -2.42. The van der Waals surface area contributed by atoms with Crippen LogP contribution in [0.2, 0.25) is 10.0 Å². The molecular weight excluding hydrogens is 359 g/mol. The Morgan fingerprint density at radius 1 is 1.12 bits per heavy atom. The zero-order chi connectivity index (χ0) is 17.6. The second kappa shape index (κ2) is 9.11. The molecule has 0 spiro atoms. The minimum absolute atomic E-state index is 0.210. The molecule has 0 aromatic heterocycles. The Bertz CT molecular complexity index is 583. The van der Waals surface area contributed by atoms with Crippen LogP contribution in [0.5, 0.6) is 5.75 Å². The molecule has 0 radical (unpaired) electrons. The number of nitrogens with one attached hydrogen (secondary N) is 1. The number of amides is 1. The van der Waals surface area contributed by atoms with Crippen LogP contribution in [-0.4, -0.2) is 43.1 Å². The van der Waals surface area contributed by atoms with Crippen molar-refractivity contribution in [3.63, 3.8) is 0 Å². The lowest BCUT2D eigenvalue weighted by molar-refractivity contribution is -0.124. The van der Waals surface area contributed by atoms with Crippen LogP contribution in [0.25, 0.3) is 0 Å². The molecule has 1 aromatic rings. The van der Waals surface area contributed by atoms with E-state index in [-0.39, 0.29) is 17.9 Å². The third-order valence-corrected chi connectivity index (χ3v) is 5.92. The molecule has 25 heavy (non-hydrogen) atoms. The number of rotatable bonds is 6. The average Bonchev–Trinajstić information content (AvgIpc) is 3.14. The number of carbonyl (C=O) groups is 1. The lowest BCUT2D eigenvalue weighted by Gasteiger charge is -2.32. The number of carbonyl (C=O) groups excluding carboxylic acids is 1. The van der Waals surface area contributed by atoms with E-state index in [1.165, 1.54) is 12.8 Å². The third-order valence-electron chi connectivity index (χ3n) is 5.18. The maximum absolute atomic E-state index is 12.0. The van der Waals surface area contributed by atoms with Gasteiger partial charge in [-0.3, -0.25) is 4.79 Å². The zero-order valence-electron chi connectivity index (χ0n) is 14.5. The quantitative estimate of drug-likeness (QED) is 0.800. The summed E-state index contributed by atoms with van der Waals surface area (Å²) in [6.07, 6.45) is 6.69. The molecule has 138 valence electrons. The van der Waals surface area contributed by atoms with Crippen molar-refractivity contribution in [3.8, 4) is 5.75 Å². The van der Waals surface area contributed by atoms with E-state index in [0.29, 0.717) is 10.0 Å². The Labute approximate surface area is 159 Å². The van der Waals surface area contributed by atoms with Crippen LogP contribution in [0.4, 0.5) is 0 Å². The highest BCUT2D eigenvalue weighted by Gasteiger charge is 2.23. The number of piperidine rings is 1. The number of nitrogens with zero attached hydrogens (tertiary/aromatic N) is 1. The van der Waals surface area contributed by atoms with Crippen molar-refractivity contribution in [2.75, 3.05) is 26.2 Å². The number of ether oxygens (including phenoxy) is 1. The fourth-order valence-corrected chi connectivity index (χ4v) is 3.95. The van der Waals surface area contributed by atoms with Gasteiger partial charge < -0.3 is 15.0 Å². The number of benzene rings is 1. The Morgan fingerprint density at radius 2 is 1.84 bits per heavy atom. The van der Waals surface area contributed by atoms with Gasteiger partial charge in [-0.25, -0.2) is 0 Å². The first-order chi connectivity index (χ1) is 12.1. The predicted molar refractivity (Wildman–Crippen MR) is 102 cm³/mol. The van der Waals surface area contributed by atoms with E-state index in [0.717, 1.165) is 57.6 Å². The maximum atomic E-state index is 12.0. The second-order valence-corrected chi connectivity index (χ2v) is 7.82. The van der Waals surface area contributed by atoms with Crippen LogP contribution in [0.15, 0.2) is 18.2 Å². The largest absolute Gasteiger partial charge is 0.490 e. The van der Waals surface area contributed by atoms with E-state index >= 15 is 0 Å². The molecule has 1 N–H and O–H groups in total. The summed E-state index contributed by atoms with van der Waals surface area (Å²) >= 11 is 12.0. The van der Waals surface area contributed by atoms with Gasteiger partial charge in [0, 0.05) is 38.2 Å². The third kappa shape index (κ3) is 5.50. The van der Waals surface area contributed by atoms with Crippen LogP contribution in [-0.2, 0) is 4.79 Å². The van der Waals surface area contributed by atoms with E-state index < -0.39 is 0 Å². The topological polar surface area (TPSA) is 41.6 Å². The molecule has 1 aromatic carbocycles. The van der Waals surface area contributed by atoms with Gasteiger partial charge in [-0.2, -0.15) is 0 Å². The Balaban J connectivity index is 1.34. The van der Waals surface area contributed by atoms with Crippen molar-refractivity contribution in [3.05, 3.63) is 28.2 Å². The van der Waals surface area contributed by atoms with Crippen LogP contribution in [0.1, 0.15) is 38.5 Å². The summed E-state index contributed by atoms with van der Waals surface area (Å²) in [5.74, 6) is 1.28. The minimum atomic E-state index is 0.210. The molecule has 1 amide bonds. The molecule has 2 fully saturated rings. The normalized spacial score (nSPS) is 19.9. The van der Waals surface area contributed by atoms with Crippen molar-refractivity contribution in [2.45, 2.75) is 44.6 Å². The van der Waals surface area contributed by atoms with Crippen molar-refractivity contribution in [2.24, 2.45) is 5.92 Å². The van der Waals surface area contributed by atoms with Crippen molar-refractivity contribution in [1.82, 2.24) is 10.2 Å². The van der Waals surface area contributed by atoms with Gasteiger partial charge in [0.15, 0.2) is 0 Å². The van der Waals surface area contributed by atoms with Crippen LogP contribution in [0, 0.1) is 5.92 Å². The first-order valence-electron chi connectivity index (χ1n) is 9.23. The van der Waals surface area contributed by atoms with Gasteiger partial charge in [0.25, 0.3) is 0 Å². The summed E-state index contributed by atoms with van der Waals surface area (Å²) in [4.78, 5) is 14.4. The number of hydrogen-bond acceptors (Lipinski definition) is 3. The van der Waals surface area contributed by atoms with Gasteiger partial charge in [0.05, 0.1) is 10.0 Å². The first kappa shape index (κ1) is 18.8. The van der Waals surface area contributed by atoms with E-state index in [2.05, 4.69) is 10.2 Å². The van der Waals surface area contributed by atoms with Crippen LogP contribution < -0.4 is 10.1 Å². The van der Waals surface area contributed by atoms with E-state index in [1.54, 1.807) is 12.1 Å². The molecule has 1 aliphatic heterocycles. The SMILES string of the molecule is O=C(NCCN1CCC(Oc2ccc(Cl)c(Cl)c2)CC1)C1CCCC1. The molecule has 3 rings (SSSR count). The van der Waals surface area contributed by atoms with Crippen molar-refractivity contribution >= 4 is 29.1 Å². The van der Waals surface area contributed by atoms with Gasteiger partial charge in [-0.05, 0) is 37.8 Å². The van der Waals surface area contributed by atoms with Crippen LogP contribution >= 0.6 is 23.2 Å². The summed E-state index contributed by atoms with van der Waals surface area (Å²) in [5, 5.41) is 4.16. The molecule has 0 bridgehead atoms. The standard InChI is InChI=1S/C19H26Cl2N2O2/c20-17-6-5-16(13-18(17)21)25-15-7-10-23(11-8-15)12-9-22-19(24)14-3-1-2-4-14/h5-6,13-15H,1-4,7-12H2,(H,22,24). The highest BCUT2D eigenvalue weighted by Crippen LogP contribution is 2.28. The average molecular weight is 385 g/mol. The fraction of sp³-hybridized carbons (Fsp3) is 0.632. The smallest absolute Gasteiger partial charge is 0.223 e. The number of hydrogen-bond donors (Lipinski definition) is 1. The Morgan fingerprint density at radius 3 is 2.52 bits per heavy atom. The van der Waals surface area contributed by atoms with Gasteiger partial charge in [0.1, 0.15) is 11.9 Å². The highest BCUT2D eigenvalue weighted by molar-refractivity contribution is 6.42. The molecule has 1 aliphatic carbocycles. The maximum Gasteiger partial charge on any atom is 0.223 e. The van der Waals surface area contributed by atoms with Crippen LogP contribution in [0.3, 0.4) is 0 Å². The summed E-state index contributed by atoms with van der Waals surface area (Å²) in [6, 6.07) is 5.40. The van der Waals surface area contributed by atoms with Gasteiger partial charge >= 0.3 is 0 Å². The van der Waals surface area contributed by atoms with Gasteiger partial charge in [0.2, 0.25) is 5.91 Å². The molecule has 0 atom stereocenters. The first-order valence-corrected chi connectivity index (χ1v) is 9.99. The van der Waals surface area contributed by atoms with Crippen molar-refractivity contribution in [1.29, 1.82) is 0 Å². The summed E-state index contributed by atoms with van der Waals surface area (Å²) < 4.78 is 6.01. The zero-order valence-corrected chi connectivity index (χ0v) is 16.0. The van der Waals surface area contributed by atoms with Crippen molar-refractivity contribution < 1.29 is 9.53 Å². The van der Waals surface area contributed by atoms with E-state index in [1.807, 2.05) is 6.07 Å². The van der Waals surface area contributed by atoms with Gasteiger partial charge in [-0.1, -0.05) is 36.0 Å². The molecule has 2 aliphatic rings. The Hall–Kier alpha value is -0.970. The highest BCUT2D eigenvalue weighted by atomic mass is 35.5. The number of likely N-dealkylation sites (tertiary alicyclic amines) is 1. The summed E-state index contributed by atoms with van der Waals surface area (Å²) in [7, 11) is 0. The van der Waals surface area contributed by atoms with E-state index in [9.17, 15) is 4.79 Å². The molecular formula is C19H26Cl2N2O2. The second-order valence-electron chi connectivity index (χ2n) is 7.01. The summed E-state index contributed by atoms with van der Waals surface area (Å²) in [6.45, 7) is 3.64. The predicted octanol–water partition coefficient (Wildman–Crippen LogP) is 4.14. The van der Waals surface area contributed by atoms with Gasteiger partial charge in [-0.15, -0.1) is 0 Å². The minimum Gasteiger partial charge on any atom is -0.490 e. The fourth-order valence-electron chi connectivity index (χ4n) is 3.66. The molecule has 1 heterocycles. The molecule has 1 saturated carbocycles.